The molecule has 1 amide bonds. The van der Waals surface area contributed by atoms with E-state index in [9.17, 15) is 4.79 Å². The molecular formula is C19H28N3OS+. The molecule has 1 aromatic carbocycles. The van der Waals surface area contributed by atoms with Crippen molar-refractivity contribution in [2.75, 3.05) is 13.1 Å². The Bertz CT molecular complexity index is 664. The van der Waals surface area contributed by atoms with E-state index in [1.807, 2.05) is 6.07 Å². The summed E-state index contributed by atoms with van der Waals surface area (Å²) in [7, 11) is 0. The smallest absolute Gasteiger partial charge is 0.275 e. The molecule has 3 rings (SSSR count). The maximum absolute atomic E-state index is 12.4. The number of carbonyl (C=O) groups excluding carboxylic acids is 1. The van der Waals surface area contributed by atoms with Gasteiger partial charge in [0.1, 0.15) is 6.04 Å². The van der Waals surface area contributed by atoms with Gasteiger partial charge in [0, 0.05) is 12.5 Å². The van der Waals surface area contributed by atoms with E-state index in [0.29, 0.717) is 18.5 Å². The Hall–Kier alpha value is -1.46. The standard InChI is InChI=1S/C19H27N3OS/c1-13(2)14(3)20-18(23)12-22-11-7-6-9-16(22)19-21-15-8-4-5-10-17(15)24-19/h4-5,8,10,13-14,16H,6-7,9,11-12H2,1-3H3,(H,20,23)/p+1/t14-,16-/m1/s1. The molecule has 3 atom stereocenters. The van der Waals surface area contributed by atoms with Crippen molar-refractivity contribution >= 4 is 27.5 Å². The normalized spacial score (nSPS) is 22.7. The fraction of sp³-hybridized carbons (Fsp3) is 0.579. The predicted octanol–water partition coefficient (Wildman–Crippen LogP) is 2.57. The maximum Gasteiger partial charge on any atom is 0.275 e. The van der Waals surface area contributed by atoms with E-state index in [1.165, 1.54) is 27.4 Å². The van der Waals surface area contributed by atoms with Crippen LogP contribution in [-0.4, -0.2) is 30.0 Å². The van der Waals surface area contributed by atoms with E-state index >= 15 is 0 Å². The number of likely N-dealkylation sites (tertiary alicyclic amines) is 1. The zero-order valence-corrected chi connectivity index (χ0v) is 15.7. The molecule has 0 bridgehead atoms. The van der Waals surface area contributed by atoms with Crippen molar-refractivity contribution in [3.05, 3.63) is 29.3 Å². The van der Waals surface area contributed by atoms with Crippen molar-refractivity contribution in [1.82, 2.24) is 10.3 Å². The molecule has 2 heterocycles. The Morgan fingerprint density at radius 3 is 2.88 bits per heavy atom. The molecule has 4 nitrogen and oxygen atoms in total. The Morgan fingerprint density at radius 2 is 2.12 bits per heavy atom. The van der Waals surface area contributed by atoms with Crippen molar-refractivity contribution < 1.29 is 9.69 Å². The number of hydrogen-bond acceptors (Lipinski definition) is 3. The zero-order chi connectivity index (χ0) is 17.1. The van der Waals surface area contributed by atoms with Crippen LogP contribution in [-0.2, 0) is 4.79 Å². The van der Waals surface area contributed by atoms with Crippen LogP contribution in [0.3, 0.4) is 0 Å². The molecule has 1 aromatic heterocycles. The summed E-state index contributed by atoms with van der Waals surface area (Å²) in [6.07, 6.45) is 3.56. The maximum atomic E-state index is 12.4. The summed E-state index contributed by atoms with van der Waals surface area (Å²) in [5.74, 6) is 0.629. The Balaban J connectivity index is 1.72. The van der Waals surface area contributed by atoms with Gasteiger partial charge in [-0.05, 0) is 37.8 Å². The van der Waals surface area contributed by atoms with E-state index in [1.54, 1.807) is 11.3 Å². The molecule has 24 heavy (non-hydrogen) atoms. The first-order chi connectivity index (χ1) is 11.5. The summed E-state index contributed by atoms with van der Waals surface area (Å²) in [5, 5.41) is 4.34. The number of amides is 1. The summed E-state index contributed by atoms with van der Waals surface area (Å²) >= 11 is 1.79. The third-order valence-electron chi connectivity index (χ3n) is 5.12. The van der Waals surface area contributed by atoms with Crippen molar-refractivity contribution in [2.45, 2.75) is 52.1 Å². The van der Waals surface area contributed by atoms with E-state index in [4.69, 9.17) is 4.98 Å². The van der Waals surface area contributed by atoms with Gasteiger partial charge in [0.2, 0.25) is 0 Å². The molecule has 0 aliphatic carbocycles. The van der Waals surface area contributed by atoms with Crippen molar-refractivity contribution in [1.29, 1.82) is 0 Å². The number of carbonyl (C=O) groups is 1. The largest absolute Gasteiger partial charge is 0.348 e. The van der Waals surface area contributed by atoms with Crippen LogP contribution in [0, 0.1) is 5.92 Å². The van der Waals surface area contributed by atoms with Gasteiger partial charge in [-0.25, -0.2) is 4.98 Å². The quantitative estimate of drug-likeness (QED) is 0.874. The lowest BCUT2D eigenvalue weighted by Crippen LogP contribution is -3.14. The summed E-state index contributed by atoms with van der Waals surface area (Å²) in [6.45, 7) is 7.98. The number of piperidine rings is 1. The fourth-order valence-corrected chi connectivity index (χ4v) is 4.47. The number of benzene rings is 1. The second-order valence-electron chi connectivity index (χ2n) is 7.25. The highest BCUT2D eigenvalue weighted by molar-refractivity contribution is 7.18. The topological polar surface area (TPSA) is 46.4 Å². The second kappa shape index (κ2) is 7.62. The molecule has 0 radical (unpaired) electrons. The van der Waals surface area contributed by atoms with E-state index < -0.39 is 0 Å². The summed E-state index contributed by atoms with van der Waals surface area (Å²) < 4.78 is 1.25. The molecule has 5 heteroatoms. The molecule has 1 fully saturated rings. The SMILES string of the molecule is CC(C)[C@@H](C)NC(=O)C[NH+]1CCCC[C@@H]1c1nc2ccccc2s1. The highest BCUT2D eigenvalue weighted by atomic mass is 32.1. The number of nitrogens with one attached hydrogen (secondary N) is 2. The number of hydrogen-bond donors (Lipinski definition) is 2. The molecule has 130 valence electrons. The predicted molar refractivity (Wildman–Crippen MR) is 99.4 cm³/mol. The average molecular weight is 347 g/mol. The van der Waals surface area contributed by atoms with Crippen LogP contribution in [0.4, 0.5) is 0 Å². The first-order valence-corrected chi connectivity index (χ1v) is 9.85. The zero-order valence-electron chi connectivity index (χ0n) is 14.8. The minimum atomic E-state index is 0.166. The molecule has 2 N–H and O–H groups in total. The van der Waals surface area contributed by atoms with Crippen LogP contribution in [0.1, 0.15) is 51.1 Å². The number of aromatic nitrogens is 1. The third-order valence-corrected chi connectivity index (χ3v) is 6.27. The summed E-state index contributed by atoms with van der Waals surface area (Å²) in [4.78, 5) is 18.6. The van der Waals surface area contributed by atoms with E-state index in [-0.39, 0.29) is 11.9 Å². The van der Waals surface area contributed by atoms with Gasteiger partial charge in [-0.1, -0.05) is 26.0 Å². The number of quaternary nitrogens is 1. The number of nitrogens with zero attached hydrogens (tertiary/aromatic N) is 1. The van der Waals surface area contributed by atoms with Crippen LogP contribution in [0.25, 0.3) is 10.2 Å². The molecule has 1 unspecified atom stereocenters. The average Bonchev–Trinajstić information content (AvgIpc) is 2.98. The first-order valence-electron chi connectivity index (χ1n) is 9.04. The van der Waals surface area contributed by atoms with Gasteiger partial charge in [0.25, 0.3) is 5.91 Å². The van der Waals surface area contributed by atoms with Gasteiger partial charge in [-0.15, -0.1) is 11.3 Å². The molecular weight excluding hydrogens is 318 g/mol. The van der Waals surface area contributed by atoms with Crippen molar-refractivity contribution in [3.8, 4) is 0 Å². The molecule has 0 spiro atoms. The molecule has 2 aromatic rings. The lowest BCUT2D eigenvalue weighted by Gasteiger charge is -2.31. The van der Waals surface area contributed by atoms with Gasteiger partial charge in [0.05, 0.1) is 16.8 Å². The highest BCUT2D eigenvalue weighted by Crippen LogP contribution is 2.28. The Kier molecular flexibility index (Phi) is 5.51. The molecule has 0 saturated carbocycles. The first kappa shape index (κ1) is 17.4. The monoisotopic (exact) mass is 346 g/mol. The van der Waals surface area contributed by atoms with Gasteiger partial charge in [0.15, 0.2) is 11.6 Å². The van der Waals surface area contributed by atoms with E-state index in [0.717, 1.165) is 18.5 Å². The number of fused-ring (bicyclic) bond motifs is 1. The van der Waals surface area contributed by atoms with Gasteiger partial charge >= 0.3 is 0 Å². The van der Waals surface area contributed by atoms with Crippen LogP contribution < -0.4 is 10.2 Å². The van der Waals surface area contributed by atoms with Crippen LogP contribution >= 0.6 is 11.3 Å². The Morgan fingerprint density at radius 1 is 1.33 bits per heavy atom. The minimum absolute atomic E-state index is 0.166. The van der Waals surface area contributed by atoms with E-state index in [2.05, 4.69) is 44.3 Å². The van der Waals surface area contributed by atoms with Crippen LogP contribution in [0.2, 0.25) is 0 Å². The fourth-order valence-electron chi connectivity index (χ4n) is 3.31. The van der Waals surface area contributed by atoms with Crippen LogP contribution in [0.5, 0.6) is 0 Å². The van der Waals surface area contributed by atoms with Gasteiger partial charge in [-0.2, -0.15) is 0 Å². The van der Waals surface area contributed by atoms with Crippen molar-refractivity contribution in [2.24, 2.45) is 5.92 Å². The van der Waals surface area contributed by atoms with Gasteiger partial charge in [-0.3, -0.25) is 4.79 Å². The highest BCUT2D eigenvalue weighted by Gasteiger charge is 2.32. The summed E-state index contributed by atoms with van der Waals surface area (Å²) in [6, 6.07) is 8.90. The lowest BCUT2D eigenvalue weighted by atomic mass is 10.0. The van der Waals surface area contributed by atoms with Crippen LogP contribution in [0.15, 0.2) is 24.3 Å². The third kappa shape index (κ3) is 3.95. The number of thiazole rings is 1. The molecule has 1 aliphatic heterocycles. The summed E-state index contributed by atoms with van der Waals surface area (Å²) in [5.41, 5.74) is 1.08. The second-order valence-corrected chi connectivity index (χ2v) is 8.32. The minimum Gasteiger partial charge on any atom is -0.348 e. The number of para-hydroxylation sites is 1. The van der Waals surface area contributed by atoms with Gasteiger partial charge < -0.3 is 10.2 Å². The molecule has 1 saturated heterocycles. The molecule has 1 aliphatic rings. The lowest BCUT2D eigenvalue weighted by molar-refractivity contribution is -0.929. The number of rotatable bonds is 5. The Labute approximate surface area is 148 Å². The van der Waals surface area contributed by atoms with Crippen molar-refractivity contribution in [3.63, 3.8) is 0 Å².